The number of methoxy groups -OCH3 is 1. The molecule has 0 aliphatic carbocycles. The molecule has 0 bridgehead atoms. The fraction of sp³-hybridized carbons (Fsp3) is 0.0625. The molecule has 0 unspecified atom stereocenters. The summed E-state index contributed by atoms with van der Waals surface area (Å²) in [5.41, 5.74) is 1.34. The highest BCUT2D eigenvalue weighted by Crippen LogP contribution is 2.39. The minimum Gasteiger partial charge on any atom is -0.487 e. The van der Waals surface area contributed by atoms with Gasteiger partial charge in [0.05, 0.1) is 24.4 Å². The van der Waals surface area contributed by atoms with Gasteiger partial charge < -0.3 is 4.74 Å². The summed E-state index contributed by atoms with van der Waals surface area (Å²) < 4.78 is 5.21. The molecule has 0 spiro atoms. The van der Waals surface area contributed by atoms with Gasteiger partial charge in [0.2, 0.25) is 0 Å². The summed E-state index contributed by atoms with van der Waals surface area (Å²) in [6.45, 7) is 0. The van der Waals surface area contributed by atoms with Gasteiger partial charge in [0.25, 0.3) is 0 Å². The van der Waals surface area contributed by atoms with E-state index in [9.17, 15) is 0 Å². The Morgan fingerprint density at radius 2 is 1.64 bits per heavy atom. The zero-order chi connectivity index (χ0) is 15.4. The van der Waals surface area contributed by atoms with Crippen molar-refractivity contribution in [3.63, 3.8) is 0 Å². The normalized spacial score (nSPS) is 10.7. The first-order valence-electron chi connectivity index (χ1n) is 6.44. The van der Waals surface area contributed by atoms with Crippen LogP contribution in [0, 0.1) is 11.3 Å². The highest BCUT2D eigenvalue weighted by atomic mass is 32.1. The van der Waals surface area contributed by atoms with Gasteiger partial charge in [0.15, 0.2) is 5.06 Å². The van der Waals surface area contributed by atoms with Crippen LogP contribution in [-0.2, 0) is 0 Å². The monoisotopic (exact) mass is 325 g/mol. The van der Waals surface area contributed by atoms with Gasteiger partial charge in [0, 0.05) is 9.75 Å². The molecule has 4 nitrogen and oxygen atoms in total. The Balaban J connectivity index is 1.75. The van der Waals surface area contributed by atoms with Crippen LogP contribution in [0.25, 0.3) is 9.75 Å². The summed E-state index contributed by atoms with van der Waals surface area (Å²) in [4.78, 5) is 2.30. The fourth-order valence-corrected chi connectivity index (χ4v) is 3.52. The molecular formula is C16H11N3OS2. The predicted octanol–water partition coefficient (Wildman–Crippen LogP) is 5.77. The zero-order valence-electron chi connectivity index (χ0n) is 11.7. The van der Waals surface area contributed by atoms with E-state index in [1.165, 1.54) is 0 Å². The molecule has 2 aromatic heterocycles. The molecule has 108 valence electrons. The maximum absolute atomic E-state index is 8.76. The molecule has 0 aliphatic rings. The molecule has 6 heteroatoms. The van der Waals surface area contributed by atoms with Crippen LogP contribution in [-0.4, -0.2) is 7.11 Å². The van der Waals surface area contributed by atoms with E-state index >= 15 is 0 Å². The van der Waals surface area contributed by atoms with Crippen LogP contribution in [0.4, 0.5) is 10.7 Å². The van der Waals surface area contributed by atoms with Gasteiger partial charge in [-0.2, -0.15) is 5.26 Å². The van der Waals surface area contributed by atoms with Gasteiger partial charge in [-0.3, -0.25) is 0 Å². The summed E-state index contributed by atoms with van der Waals surface area (Å²) in [6.07, 6.45) is 0. The van der Waals surface area contributed by atoms with Crippen molar-refractivity contribution in [2.45, 2.75) is 0 Å². The number of nitriles is 1. The van der Waals surface area contributed by atoms with Gasteiger partial charge >= 0.3 is 0 Å². The Hall–Kier alpha value is -2.49. The lowest BCUT2D eigenvalue weighted by Crippen LogP contribution is -1.73. The number of thiophene rings is 2. The summed E-state index contributed by atoms with van der Waals surface area (Å²) >= 11 is 3.18. The molecule has 0 fully saturated rings. The van der Waals surface area contributed by atoms with E-state index in [-0.39, 0.29) is 0 Å². The maximum atomic E-state index is 8.76. The molecule has 3 rings (SSSR count). The average molecular weight is 325 g/mol. The van der Waals surface area contributed by atoms with E-state index in [0.717, 1.165) is 25.5 Å². The number of hydrogen-bond donors (Lipinski definition) is 0. The fourth-order valence-electron chi connectivity index (χ4n) is 1.79. The van der Waals surface area contributed by atoms with Crippen LogP contribution >= 0.6 is 22.7 Å². The lowest BCUT2D eigenvalue weighted by atomic mass is 10.2. The molecule has 1 aromatic carbocycles. The summed E-state index contributed by atoms with van der Waals surface area (Å²) in [7, 11) is 1.67. The molecule has 0 atom stereocenters. The van der Waals surface area contributed by atoms with E-state index in [0.29, 0.717) is 5.56 Å². The van der Waals surface area contributed by atoms with Gasteiger partial charge in [-0.15, -0.1) is 21.6 Å². The van der Waals surface area contributed by atoms with E-state index in [1.807, 2.05) is 24.3 Å². The van der Waals surface area contributed by atoms with Crippen LogP contribution in [0.3, 0.4) is 0 Å². The van der Waals surface area contributed by atoms with Crippen molar-refractivity contribution >= 4 is 33.4 Å². The molecule has 3 aromatic rings. The molecule has 0 saturated carbocycles. The third-order valence-corrected chi connectivity index (χ3v) is 5.09. The van der Waals surface area contributed by atoms with Crippen LogP contribution in [0.2, 0.25) is 0 Å². The number of hydrogen-bond acceptors (Lipinski definition) is 6. The highest BCUT2D eigenvalue weighted by Gasteiger charge is 2.06. The number of ether oxygens (including phenoxy) is 1. The number of azo groups is 1. The van der Waals surface area contributed by atoms with Crippen molar-refractivity contribution < 1.29 is 4.74 Å². The van der Waals surface area contributed by atoms with Crippen LogP contribution in [0.15, 0.2) is 58.8 Å². The Bertz CT molecular complexity index is 841. The average Bonchev–Trinajstić information content (AvgIpc) is 3.22. The number of benzene rings is 1. The van der Waals surface area contributed by atoms with Crippen molar-refractivity contribution in [3.05, 3.63) is 54.1 Å². The molecule has 0 aliphatic heterocycles. The summed E-state index contributed by atoms with van der Waals surface area (Å²) in [6, 6.07) is 17.1. The molecular weight excluding hydrogens is 314 g/mol. The van der Waals surface area contributed by atoms with Gasteiger partial charge in [-0.05, 0) is 48.5 Å². The third kappa shape index (κ3) is 3.22. The van der Waals surface area contributed by atoms with Gasteiger partial charge in [-0.25, -0.2) is 0 Å². The zero-order valence-corrected chi connectivity index (χ0v) is 13.3. The maximum Gasteiger partial charge on any atom is 0.173 e. The van der Waals surface area contributed by atoms with E-state index < -0.39 is 0 Å². The number of rotatable bonds is 4. The Kier molecular flexibility index (Phi) is 4.28. The molecule has 2 heterocycles. The molecule has 22 heavy (non-hydrogen) atoms. The quantitative estimate of drug-likeness (QED) is 0.571. The second-order valence-electron chi connectivity index (χ2n) is 4.32. The molecule has 0 saturated heterocycles. The molecule has 0 N–H and O–H groups in total. The van der Waals surface area contributed by atoms with Crippen molar-refractivity contribution in [3.8, 4) is 20.9 Å². The first-order chi connectivity index (χ1) is 10.8. The van der Waals surface area contributed by atoms with Crippen molar-refractivity contribution in [2.75, 3.05) is 7.11 Å². The molecule has 0 amide bonds. The number of nitrogens with zero attached hydrogens (tertiary/aromatic N) is 3. The van der Waals surface area contributed by atoms with Crippen LogP contribution in [0.5, 0.6) is 5.06 Å². The summed E-state index contributed by atoms with van der Waals surface area (Å²) in [5, 5.41) is 18.9. The predicted molar refractivity (Wildman–Crippen MR) is 89.5 cm³/mol. The second-order valence-corrected chi connectivity index (χ2v) is 6.43. The van der Waals surface area contributed by atoms with E-state index in [4.69, 9.17) is 10.00 Å². The van der Waals surface area contributed by atoms with E-state index in [1.54, 1.807) is 54.0 Å². The minimum absolute atomic E-state index is 0.615. The second kappa shape index (κ2) is 6.52. The minimum atomic E-state index is 0.615. The van der Waals surface area contributed by atoms with Gasteiger partial charge in [0.1, 0.15) is 5.00 Å². The lowest BCUT2D eigenvalue weighted by molar-refractivity contribution is 0.427. The smallest absolute Gasteiger partial charge is 0.173 e. The van der Waals surface area contributed by atoms with Crippen molar-refractivity contribution in [1.29, 1.82) is 5.26 Å². The Morgan fingerprint density at radius 3 is 2.32 bits per heavy atom. The topological polar surface area (TPSA) is 57.7 Å². The summed E-state index contributed by atoms with van der Waals surface area (Å²) in [5.74, 6) is 0. The van der Waals surface area contributed by atoms with Crippen LogP contribution < -0.4 is 4.74 Å². The SMILES string of the molecule is COc1ccc(-c2ccc(N=Nc3ccc(C#N)cc3)s2)s1. The Labute approximate surface area is 136 Å². The van der Waals surface area contributed by atoms with Crippen molar-refractivity contribution in [2.24, 2.45) is 10.2 Å². The van der Waals surface area contributed by atoms with Crippen LogP contribution in [0.1, 0.15) is 5.56 Å². The van der Waals surface area contributed by atoms with E-state index in [2.05, 4.69) is 16.3 Å². The Morgan fingerprint density at radius 1 is 0.909 bits per heavy atom. The van der Waals surface area contributed by atoms with Crippen molar-refractivity contribution in [1.82, 2.24) is 0 Å². The first kappa shape index (κ1) is 14.4. The molecule has 0 radical (unpaired) electrons. The third-order valence-electron chi connectivity index (χ3n) is 2.88. The first-order valence-corrected chi connectivity index (χ1v) is 8.08. The largest absolute Gasteiger partial charge is 0.487 e. The highest BCUT2D eigenvalue weighted by molar-refractivity contribution is 7.24. The standard InChI is InChI=1S/C16H11N3OS2/c1-20-16-9-7-14(22-16)13-6-8-15(21-13)19-18-12-4-2-11(10-17)3-5-12/h2-9H,1H3. The van der Waals surface area contributed by atoms with Gasteiger partial charge in [-0.1, -0.05) is 11.3 Å². The lowest BCUT2D eigenvalue weighted by Gasteiger charge is -1.91.